The van der Waals surface area contributed by atoms with E-state index in [1.54, 1.807) is 24.3 Å². The maximum atomic E-state index is 13.6. The summed E-state index contributed by atoms with van der Waals surface area (Å²) in [5, 5.41) is 13.5. The fourth-order valence-electron chi connectivity index (χ4n) is 5.10. The van der Waals surface area contributed by atoms with Crippen LogP contribution in [-0.4, -0.2) is 35.1 Å². The van der Waals surface area contributed by atoms with Crippen LogP contribution >= 0.6 is 11.6 Å². The topological polar surface area (TPSA) is 102 Å². The van der Waals surface area contributed by atoms with Gasteiger partial charge in [0.25, 0.3) is 0 Å². The van der Waals surface area contributed by atoms with E-state index in [0.29, 0.717) is 17.0 Å². The Kier molecular flexibility index (Phi) is 11.2. The summed E-state index contributed by atoms with van der Waals surface area (Å²) in [5.74, 6) is -1.65. The first-order chi connectivity index (χ1) is 19.9. The zero-order chi connectivity index (χ0) is 29.0. The van der Waals surface area contributed by atoms with Crippen molar-refractivity contribution in [2.24, 2.45) is 5.92 Å². The first kappa shape index (κ1) is 30.1. The van der Waals surface area contributed by atoms with E-state index < -0.39 is 24.1 Å². The highest BCUT2D eigenvalue weighted by Crippen LogP contribution is 2.28. The zero-order valence-electron chi connectivity index (χ0n) is 23.0. The van der Waals surface area contributed by atoms with Crippen molar-refractivity contribution in [3.8, 4) is 5.75 Å². The van der Waals surface area contributed by atoms with E-state index in [1.807, 2.05) is 42.5 Å². The average molecular weight is 578 g/mol. The maximum Gasteiger partial charge on any atom is 0.348 e. The number of carbonyl (C=O) groups excluding carboxylic acids is 3. The molecule has 1 fully saturated rings. The van der Waals surface area contributed by atoms with E-state index in [-0.39, 0.29) is 37.0 Å². The first-order valence-corrected chi connectivity index (χ1v) is 14.5. The van der Waals surface area contributed by atoms with E-state index in [1.165, 1.54) is 12.1 Å². The largest absolute Gasteiger partial charge is 0.508 e. The number of esters is 2. The third-order valence-corrected chi connectivity index (χ3v) is 7.57. The number of nitrogens with one attached hydrogen (secondary N) is 1. The van der Waals surface area contributed by atoms with Gasteiger partial charge in [0.15, 0.2) is 0 Å². The van der Waals surface area contributed by atoms with Gasteiger partial charge in [0.05, 0.1) is 0 Å². The number of amides is 1. The minimum Gasteiger partial charge on any atom is -0.508 e. The lowest BCUT2D eigenvalue weighted by Gasteiger charge is -2.30. The molecule has 0 radical (unpaired) electrons. The second kappa shape index (κ2) is 15.2. The summed E-state index contributed by atoms with van der Waals surface area (Å²) in [5.41, 5.74) is 2.38. The molecule has 1 saturated carbocycles. The van der Waals surface area contributed by atoms with Crippen molar-refractivity contribution in [2.75, 3.05) is 0 Å². The van der Waals surface area contributed by atoms with Gasteiger partial charge in [-0.2, -0.15) is 0 Å². The molecule has 41 heavy (non-hydrogen) atoms. The number of hydrogen-bond acceptors (Lipinski definition) is 6. The van der Waals surface area contributed by atoms with Gasteiger partial charge in [-0.25, -0.2) is 9.59 Å². The lowest BCUT2D eigenvalue weighted by atomic mass is 9.83. The second-order valence-electron chi connectivity index (χ2n) is 10.5. The van der Waals surface area contributed by atoms with Crippen LogP contribution in [0.1, 0.15) is 55.2 Å². The highest BCUT2D eigenvalue weighted by molar-refractivity contribution is 6.30. The molecule has 4 rings (SSSR count). The van der Waals surface area contributed by atoms with Gasteiger partial charge < -0.3 is 19.9 Å². The van der Waals surface area contributed by atoms with Gasteiger partial charge in [-0.3, -0.25) is 4.79 Å². The van der Waals surface area contributed by atoms with Gasteiger partial charge in [-0.15, -0.1) is 0 Å². The predicted octanol–water partition coefficient (Wildman–Crippen LogP) is 5.94. The SMILES string of the molecule is O=C(CCc1ccc(Cl)cc1)NC(C(=O)OC(Cc1cccc(O)c1)C(=O)OCc1ccccc1)C1CCCCC1. The van der Waals surface area contributed by atoms with Crippen molar-refractivity contribution < 1.29 is 29.0 Å². The number of benzene rings is 3. The maximum absolute atomic E-state index is 13.6. The number of phenols is 1. The van der Waals surface area contributed by atoms with Crippen LogP contribution in [0.15, 0.2) is 78.9 Å². The van der Waals surface area contributed by atoms with Gasteiger partial charge in [0.2, 0.25) is 12.0 Å². The summed E-state index contributed by atoms with van der Waals surface area (Å²) in [6.45, 7) is 0.0290. The Balaban J connectivity index is 1.46. The zero-order valence-corrected chi connectivity index (χ0v) is 23.7. The third-order valence-electron chi connectivity index (χ3n) is 7.32. The van der Waals surface area contributed by atoms with Crippen molar-refractivity contribution in [3.63, 3.8) is 0 Å². The van der Waals surface area contributed by atoms with Gasteiger partial charge in [0, 0.05) is 17.9 Å². The van der Waals surface area contributed by atoms with Gasteiger partial charge >= 0.3 is 11.9 Å². The predicted molar refractivity (Wildman–Crippen MR) is 156 cm³/mol. The first-order valence-electron chi connectivity index (χ1n) is 14.1. The number of phenolic OH excluding ortho intramolecular Hbond substituents is 1. The van der Waals surface area contributed by atoms with E-state index >= 15 is 0 Å². The van der Waals surface area contributed by atoms with Gasteiger partial charge in [0.1, 0.15) is 18.4 Å². The molecule has 0 bridgehead atoms. The van der Waals surface area contributed by atoms with E-state index in [9.17, 15) is 19.5 Å². The van der Waals surface area contributed by atoms with Crippen LogP contribution in [-0.2, 0) is 43.3 Å². The summed E-state index contributed by atoms with van der Waals surface area (Å²) in [6.07, 6.45) is 4.04. The highest BCUT2D eigenvalue weighted by atomic mass is 35.5. The number of carbonyl (C=O) groups is 3. The van der Waals surface area contributed by atoms with Crippen molar-refractivity contribution in [3.05, 3.63) is 101 Å². The van der Waals surface area contributed by atoms with E-state index in [2.05, 4.69) is 5.32 Å². The molecule has 0 aliphatic heterocycles. The number of aryl methyl sites for hydroxylation is 1. The number of aromatic hydroxyl groups is 1. The molecular weight excluding hydrogens is 542 g/mol. The molecule has 8 heteroatoms. The molecule has 7 nitrogen and oxygen atoms in total. The molecular formula is C33H36ClNO6. The fraction of sp³-hybridized carbons (Fsp3) is 0.364. The van der Waals surface area contributed by atoms with Gasteiger partial charge in [-0.1, -0.05) is 85.5 Å². The molecule has 0 aromatic heterocycles. The Morgan fingerprint density at radius 3 is 2.27 bits per heavy atom. The lowest BCUT2D eigenvalue weighted by molar-refractivity contribution is -0.171. The average Bonchev–Trinajstić information content (AvgIpc) is 2.99. The Bertz CT molecular complexity index is 1290. The van der Waals surface area contributed by atoms with E-state index in [0.717, 1.165) is 43.2 Å². The molecule has 1 amide bonds. The molecule has 3 aromatic rings. The van der Waals surface area contributed by atoms with Crippen molar-refractivity contribution in [1.82, 2.24) is 5.32 Å². The Morgan fingerprint density at radius 2 is 1.56 bits per heavy atom. The van der Waals surface area contributed by atoms with E-state index in [4.69, 9.17) is 21.1 Å². The lowest BCUT2D eigenvalue weighted by Crippen LogP contribution is -2.49. The normalized spacial score (nSPS) is 15.0. The standard InChI is InChI=1S/C33H36ClNO6/c34-27-17-14-23(15-18-27)16-19-30(37)35-31(26-11-5-2-6-12-26)33(39)41-29(21-25-10-7-13-28(36)20-25)32(38)40-22-24-8-3-1-4-9-24/h1,3-4,7-10,13-15,17-18,20,26,29,31,36H,2,5-6,11-12,16,19,21-22H2,(H,35,37). The second-order valence-corrected chi connectivity index (χ2v) is 10.9. The summed E-state index contributed by atoms with van der Waals surface area (Å²) in [4.78, 5) is 39.8. The molecule has 216 valence electrons. The van der Waals surface area contributed by atoms with Crippen LogP contribution < -0.4 is 5.32 Å². The Hall–Kier alpha value is -3.84. The molecule has 1 aliphatic carbocycles. The quantitative estimate of drug-likeness (QED) is 0.258. The number of rotatable bonds is 12. The smallest absolute Gasteiger partial charge is 0.348 e. The molecule has 1 aliphatic rings. The van der Waals surface area contributed by atoms with Crippen molar-refractivity contribution >= 4 is 29.4 Å². The van der Waals surface area contributed by atoms with Crippen LogP contribution in [0.4, 0.5) is 0 Å². The summed E-state index contributed by atoms with van der Waals surface area (Å²) in [6, 6.07) is 22.1. The molecule has 0 spiro atoms. The summed E-state index contributed by atoms with van der Waals surface area (Å²) >= 11 is 5.96. The molecule has 0 heterocycles. The van der Waals surface area contributed by atoms with Crippen LogP contribution in [0.3, 0.4) is 0 Å². The fourth-order valence-corrected chi connectivity index (χ4v) is 5.22. The van der Waals surface area contributed by atoms with Crippen molar-refractivity contribution in [2.45, 2.75) is 70.1 Å². The minimum atomic E-state index is -1.25. The monoisotopic (exact) mass is 577 g/mol. The van der Waals surface area contributed by atoms with Crippen LogP contribution in [0.2, 0.25) is 5.02 Å². The number of hydrogen-bond donors (Lipinski definition) is 2. The Labute approximate surface area is 245 Å². The van der Waals surface area contributed by atoms with Crippen molar-refractivity contribution in [1.29, 1.82) is 0 Å². The van der Waals surface area contributed by atoms with Gasteiger partial charge in [-0.05, 0) is 66.1 Å². The highest BCUT2D eigenvalue weighted by Gasteiger charge is 2.35. The van der Waals surface area contributed by atoms with Crippen LogP contribution in [0.25, 0.3) is 0 Å². The Morgan fingerprint density at radius 1 is 0.854 bits per heavy atom. The molecule has 2 N–H and O–H groups in total. The number of ether oxygens (including phenoxy) is 2. The summed E-state index contributed by atoms with van der Waals surface area (Å²) < 4.78 is 11.3. The van der Waals surface area contributed by atoms with Crippen LogP contribution in [0, 0.1) is 5.92 Å². The van der Waals surface area contributed by atoms with Crippen LogP contribution in [0.5, 0.6) is 5.75 Å². The molecule has 2 unspecified atom stereocenters. The molecule has 0 saturated heterocycles. The molecule has 2 atom stereocenters. The number of halogens is 1. The molecule has 3 aromatic carbocycles. The summed E-state index contributed by atoms with van der Waals surface area (Å²) in [7, 11) is 0. The third kappa shape index (κ3) is 9.64. The minimum absolute atomic E-state index is 0.0235.